The molecule has 0 fully saturated rings. The summed E-state index contributed by atoms with van der Waals surface area (Å²) in [5.41, 5.74) is 4.83. The van der Waals surface area contributed by atoms with Crippen LogP contribution in [0.4, 0.5) is 11.4 Å². The molecule has 0 aliphatic heterocycles. The van der Waals surface area contributed by atoms with E-state index in [1.54, 1.807) is 6.07 Å². The normalized spacial score (nSPS) is 10.5. The predicted octanol–water partition coefficient (Wildman–Crippen LogP) is 5.50. The van der Waals surface area contributed by atoms with E-state index in [2.05, 4.69) is 20.2 Å². The van der Waals surface area contributed by atoms with Gasteiger partial charge in [-0.3, -0.25) is 9.59 Å². The second-order valence-electron chi connectivity index (χ2n) is 7.02. The SMILES string of the molecule is Cc1ccc(NC(=O)CSc2ccccc2C(=O)Nc2ccc(-c3csnn3)cc2)cc1. The first-order valence-electron chi connectivity index (χ1n) is 9.86. The van der Waals surface area contributed by atoms with Crippen molar-refractivity contribution in [2.24, 2.45) is 0 Å². The molecule has 160 valence electrons. The molecular formula is C24H20N4O2S2. The van der Waals surface area contributed by atoms with Crippen LogP contribution in [0.25, 0.3) is 11.3 Å². The number of thioether (sulfide) groups is 1. The van der Waals surface area contributed by atoms with E-state index in [1.807, 2.05) is 79.0 Å². The number of hydrogen-bond donors (Lipinski definition) is 2. The number of rotatable bonds is 7. The highest BCUT2D eigenvalue weighted by atomic mass is 32.2. The Kier molecular flexibility index (Phi) is 6.94. The van der Waals surface area contributed by atoms with E-state index >= 15 is 0 Å². The standard InChI is InChI=1S/C24H20N4O2S2/c1-16-6-10-18(11-7-16)25-23(29)15-31-22-5-3-2-4-20(22)24(30)26-19-12-8-17(9-13-19)21-14-32-28-27-21/h2-14H,15H2,1H3,(H,25,29)(H,26,30). The van der Waals surface area contributed by atoms with E-state index in [0.29, 0.717) is 11.3 Å². The predicted molar refractivity (Wildman–Crippen MR) is 130 cm³/mol. The summed E-state index contributed by atoms with van der Waals surface area (Å²) in [6, 6.07) is 22.3. The van der Waals surface area contributed by atoms with Gasteiger partial charge in [-0.1, -0.05) is 46.4 Å². The lowest BCUT2D eigenvalue weighted by atomic mass is 10.1. The minimum absolute atomic E-state index is 0.124. The van der Waals surface area contributed by atoms with Crippen molar-refractivity contribution in [3.8, 4) is 11.3 Å². The summed E-state index contributed by atoms with van der Waals surface area (Å²) in [5.74, 6) is -0.148. The van der Waals surface area contributed by atoms with Crippen molar-refractivity contribution >= 4 is 46.5 Å². The molecule has 0 atom stereocenters. The molecule has 1 heterocycles. The molecule has 3 aromatic carbocycles. The quantitative estimate of drug-likeness (QED) is 0.356. The van der Waals surface area contributed by atoms with Gasteiger partial charge in [0.25, 0.3) is 5.91 Å². The Morgan fingerprint density at radius 1 is 0.906 bits per heavy atom. The zero-order valence-electron chi connectivity index (χ0n) is 17.2. The van der Waals surface area contributed by atoms with Crippen LogP contribution < -0.4 is 10.6 Å². The van der Waals surface area contributed by atoms with Crippen LogP contribution in [-0.2, 0) is 4.79 Å². The van der Waals surface area contributed by atoms with E-state index in [-0.39, 0.29) is 17.6 Å². The second kappa shape index (κ2) is 10.2. The number of aromatic nitrogens is 2. The van der Waals surface area contributed by atoms with Gasteiger partial charge >= 0.3 is 0 Å². The highest BCUT2D eigenvalue weighted by Gasteiger charge is 2.13. The third-order valence-electron chi connectivity index (χ3n) is 4.62. The number of hydrogen-bond acceptors (Lipinski definition) is 6. The maximum Gasteiger partial charge on any atom is 0.256 e. The first kappa shape index (κ1) is 21.7. The van der Waals surface area contributed by atoms with Crippen LogP contribution in [0.15, 0.2) is 83.1 Å². The van der Waals surface area contributed by atoms with Crippen LogP contribution in [0.3, 0.4) is 0 Å². The molecule has 0 radical (unpaired) electrons. The summed E-state index contributed by atoms with van der Waals surface area (Å²) in [4.78, 5) is 25.9. The van der Waals surface area contributed by atoms with Gasteiger partial charge in [0, 0.05) is 27.2 Å². The first-order valence-corrected chi connectivity index (χ1v) is 11.7. The molecule has 0 unspecified atom stereocenters. The number of nitrogens with zero attached hydrogens (tertiary/aromatic N) is 2. The molecule has 32 heavy (non-hydrogen) atoms. The molecule has 0 aliphatic rings. The Labute approximate surface area is 194 Å². The van der Waals surface area contributed by atoms with Crippen LogP contribution in [0.1, 0.15) is 15.9 Å². The van der Waals surface area contributed by atoms with Gasteiger partial charge in [-0.25, -0.2) is 0 Å². The largest absolute Gasteiger partial charge is 0.325 e. The Hall–Kier alpha value is -3.49. The van der Waals surface area contributed by atoms with Crippen molar-refractivity contribution in [2.75, 3.05) is 16.4 Å². The Morgan fingerprint density at radius 3 is 2.31 bits per heavy atom. The third kappa shape index (κ3) is 5.60. The number of benzene rings is 3. The van der Waals surface area contributed by atoms with Crippen LogP contribution in [-0.4, -0.2) is 27.2 Å². The fourth-order valence-electron chi connectivity index (χ4n) is 2.97. The van der Waals surface area contributed by atoms with Gasteiger partial charge in [-0.2, -0.15) is 0 Å². The van der Waals surface area contributed by atoms with Gasteiger partial charge in [0.15, 0.2) is 0 Å². The fourth-order valence-corrected chi connectivity index (χ4v) is 4.29. The summed E-state index contributed by atoms with van der Waals surface area (Å²) in [6.07, 6.45) is 0. The maximum atomic E-state index is 12.9. The lowest BCUT2D eigenvalue weighted by molar-refractivity contribution is -0.113. The Balaban J connectivity index is 1.38. The number of amides is 2. The Bertz CT molecular complexity index is 1210. The lowest BCUT2D eigenvalue weighted by Crippen LogP contribution is -2.15. The van der Waals surface area contributed by atoms with Crippen LogP contribution in [0.5, 0.6) is 0 Å². The highest BCUT2D eigenvalue weighted by Crippen LogP contribution is 2.25. The number of carbonyl (C=O) groups is 2. The maximum absolute atomic E-state index is 12.9. The molecule has 4 aromatic rings. The number of nitrogens with one attached hydrogen (secondary N) is 2. The fraction of sp³-hybridized carbons (Fsp3) is 0.0833. The van der Waals surface area contributed by atoms with Gasteiger partial charge in [0.2, 0.25) is 5.91 Å². The average Bonchev–Trinajstić information content (AvgIpc) is 3.35. The molecule has 4 rings (SSSR count). The van der Waals surface area contributed by atoms with E-state index in [1.165, 1.54) is 23.3 Å². The number of carbonyl (C=O) groups excluding carboxylic acids is 2. The monoisotopic (exact) mass is 460 g/mol. The second-order valence-corrected chi connectivity index (χ2v) is 8.65. The van der Waals surface area contributed by atoms with Gasteiger partial charge in [-0.15, -0.1) is 16.9 Å². The molecule has 0 aliphatic carbocycles. The van der Waals surface area contributed by atoms with Gasteiger partial charge in [0.1, 0.15) is 5.69 Å². The van der Waals surface area contributed by atoms with Crippen molar-refractivity contribution in [3.63, 3.8) is 0 Å². The van der Waals surface area contributed by atoms with Crippen molar-refractivity contribution < 1.29 is 9.59 Å². The molecule has 0 saturated heterocycles. The molecule has 2 amide bonds. The average molecular weight is 461 g/mol. The summed E-state index contributed by atoms with van der Waals surface area (Å²) >= 11 is 2.62. The molecule has 6 nitrogen and oxygen atoms in total. The summed E-state index contributed by atoms with van der Waals surface area (Å²) < 4.78 is 3.87. The van der Waals surface area contributed by atoms with Crippen LogP contribution >= 0.6 is 23.3 Å². The van der Waals surface area contributed by atoms with E-state index < -0.39 is 0 Å². The third-order valence-corrected chi connectivity index (χ3v) is 6.20. The van der Waals surface area contributed by atoms with Gasteiger partial charge in [0.05, 0.1) is 11.3 Å². The molecule has 0 spiro atoms. The van der Waals surface area contributed by atoms with Crippen LogP contribution in [0.2, 0.25) is 0 Å². The number of anilines is 2. The molecule has 0 saturated carbocycles. The Morgan fingerprint density at radius 2 is 1.59 bits per heavy atom. The number of aryl methyl sites for hydroxylation is 1. The lowest BCUT2D eigenvalue weighted by Gasteiger charge is -2.11. The zero-order chi connectivity index (χ0) is 22.3. The minimum atomic E-state index is -0.227. The summed E-state index contributed by atoms with van der Waals surface area (Å²) in [6.45, 7) is 2.00. The molecular weight excluding hydrogens is 440 g/mol. The van der Waals surface area contributed by atoms with Crippen molar-refractivity contribution in [2.45, 2.75) is 11.8 Å². The van der Waals surface area contributed by atoms with E-state index in [9.17, 15) is 9.59 Å². The summed E-state index contributed by atoms with van der Waals surface area (Å²) in [7, 11) is 0. The topological polar surface area (TPSA) is 84.0 Å². The van der Waals surface area contributed by atoms with E-state index in [0.717, 1.165) is 27.4 Å². The molecule has 1 aromatic heterocycles. The highest BCUT2D eigenvalue weighted by molar-refractivity contribution is 8.00. The van der Waals surface area contributed by atoms with Crippen molar-refractivity contribution in [1.29, 1.82) is 0 Å². The van der Waals surface area contributed by atoms with Crippen molar-refractivity contribution in [1.82, 2.24) is 9.59 Å². The molecule has 2 N–H and O–H groups in total. The van der Waals surface area contributed by atoms with E-state index in [4.69, 9.17) is 0 Å². The van der Waals surface area contributed by atoms with Crippen molar-refractivity contribution in [3.05, 3.63) is 89.3 Å². The van der Waals surface area contributed by atoms with Crippen LogP contribution in [0, 0.1) is 6.92 Å². The van der Waals surface area contributed by atoms with Gasteiger partial charge in [-0.05, 0) is 54.9 Å². The molecule has 0 bridgehead atoms. The van der Waals surface area contributed by atoms with Gasteiger partial charge < -0.3 is 10.6 Å². The summed E-state index contributed by atoms with van der Waals surface area (Å²) in [5, 5.41) is 11.7. The first-order chi connectivity index (χ1) is 15.6. The zero-order valence-corrected chi connectivity index (χ0v) is 18.9. The minimum Gasteiger partial charge on any atom is -0.325 e. The smallest absolute Gasteiger partial charge is 0.256 e. The molecule has 8 heteroatoms.